The first-order valence-electron chi connectivity index (χ1n) is 9.50. The third-order valence-corrected chi connectivity index (χ3v) is 5.37. The van der Waals surface area contributed by atoms with Gasteiger partial charge in [0.2, 0.25) is 17.7 Å². The van der Waals surface area contributed by atoms with Crippen LogP contribution in [0.15, 0.2) is 42.7 Å². The molecule has 0 spiro atoms. The fourth-order valence-corrected chi connectivity index (χ4v) is 3.69. The molecule has 1 aromatic heterocycles. The van der Waals surface area contributed by atoms with Crippen LogP contribution in [-0.2, 0) is 9.59 Å². The molecule has 7 nitrogen and oxygen atoms in total. The van der Waals surface area contributed by atoms with Crippen LogP contribution in [0.5, 0.6) is 0 Å². The zero-order valence-electron chi connectivity index (χ0n) is 16.6. The van der Waals surface area contributed by atoms with E-state index in [9.17, 15) is 14.4 Å². The Morgan fingerprint density at radius 2 is 1.79 bits per heavy atom. The Morgan fingerprint density at radius 3 is 2.48 bits per heavy atom. The van der Waals surface area contributed by atoms with E-state index in [0.717, 1.165) is 22.2 Å². The van der Waals surface area contributed by atoms with Crippen molar-refractivity contribution in [2.45, 2.75) is 27.2 Å². The van der Waals surface area contributed by atoms with Crippen molar-refractivity contribution >= 4 is 40.1 Å². The van der Waals surface area contributed by atoms with Gasteiger partial charge in [-0.25, -0.2) is 4.98 Å². The highest BCUT2D eigenvalue weighted by Gasteiger charge is 2.36. The molecule has 3 aromatic rings. The van der Waals surface area contributed by atoms with Crippen LogP contribution in [-0.4, -0.2) is 33.8 Å². The molecular formula is C22H22N4O3. The highest BCUT2D eigenvalue weighted by Crippen LogP contribution is 2.28. The molecule has 1 saturated heterocycles. The number of carbonyl (C=O) groups excluding carboxylic acids is 3. The van der Waals surface area contributed by atoms with Crippen molar-refractivity contribution in [3.63, 3.8) is 0 Å². The average Bonchev–Trinajstić information content (AvgIpc) is 3.25. The molecule has 1 N–H and O–H groups in total. The first-order chi connectivity index (χ1) is 13.8. The van der Waals surface area contributed by atoms with E-state index in [4.69, 9.17) is 0 Å². The fourth-order valence-electron chi connectivity index (χ4n) is 3.69. The lowest BCUT2D eigenvalue weighted by Gasteiger charge is -2.17. The molecular weight excluding hydrogens is 368 g/mol. The van der Waals surface area contributed by atoms with Crippen LogP contribution in [0, 0.1) is 19.8 Å². The van der Waals surface area contributed by atoms with E-state index in [2.05, 4.69) is 10.3 Å². The molecule has 4 rings (SSSR count). The van der Waals surface area contributed by atoms with Crippen LogP contribution in [0.2, 0.25) is 0 Å². The molecule has 2 aromatic carbocycles. The summed E-state index contributed by atoms with van der Waals surface area (Å²) < 4.78 is 1.56. The zero-order valence-corrected chi connectivity index (χ0v) is 16.6. The predicted molar refractivity (Wildman–Crippen MR) is 111 cm³/mol. The lowest BCUT2D eigenvalue weighted by atomic mass is 10.1. The van der Waals surface area contributed by atoms with Crippen LogP contribution in [0.4, 0.5) is 11.4 Å². The molecule has 0 saturated carbocycles. The van der Waals surface area contributed by atoms with Gasteiger partial charge in [0, 0.05) is 31.3 Å². The summed E-state index contributed by atoms with van der Waals surface area (Å²) in [6.45, 7) is 5.78. The Kier molecular flexibility index (Phi) is 4.66. The number of aryl methyl sites for hydroxylation is 2. The van der Waals surface area contributed by atoms with Crippen molar-refractivity contribution in [2.24, 2.45) is 5.92 Å². The highest BCUT2D eigenvalue weighted by atomic mass is 16.2. The monoisotopic (exact) mass is 390 g/mol. The zero-order chi connectivity index (χ0) is 20.7. The summed E-state index contributed by atoms with van der Waals surface area (Å²) in [5.74, 6) is -0.802. The van der Waals surface area contributed by atoms with Gasteiger partial charge in [-0.1, -0.05) is 0 Å². The Bertz CT molecular complexity index is 1130. The van der Waals surface area contributed by atoms with Crippen molar-refractivity contribution in [1.82, 2.24) is 9.55 Å². The predicted octanol–water partition coefficient (Wildman–Crippen LogP) is 3.30. The third kappa shape index (κ3) is 3.51. The SMILES string of the molecule is CC(=O)Nc1ccc(N2CC(C(=O)n3cnc4cc(C)c(C)cc43)CC2=O)cc1. The molecule has 1 aliphatic heterocycles. The number of imidazole rings is 1. The molecule has 7 heteroatoms. The first-order valence-corrected chi connectivity index (χ1v) is 9.50. The van der Waals surface area contributed by atoms with Crippen molar-refractivity contribution < 1.29 is 14.4 Å². The Morgan fingerprint density at radius 1 is 1.10 bits per heavy atom. The first kappa shape index (κ1) is 18.9. The van der Waals surface area contributed by atoms with Gasteiger partial charge in [-0.15, -0.1) is 0 Å². The van der Waals surface area contributed by atoms with Crippen LogP contribution >= 0.6 is 0 Å². The van der Waals surface area contributed by atoms with Crippen molar-refractivity contribution in [3.8, 4) is 0 Å². The molecule has 1 atom stereocenters. The van der Waals surface area contributed by atoms with E-state index in [1.165, 1.54) is 6.92 Å². The van der Waals surface area contributed by atoms with E-state index in [1.54, 1.807) is 40.1 Å². The van der Waals surface area contributed by atoms with E-state index in [0.29, 0.717) is 17.9 Å². The molecule has 0 radical (unpaired) electrons. The van der Waals surface area contributed by atoms with Gasteiger partial charge in [-0.2, -0.15) is 0 Å². The number of benzene rings is 2. The largest absolute Gasteiger partial charge is 0.326 e. The van der Waals surface area contributed by atoms with Crippen molar-refractivity contribution in [3.05, 3.63) is 53.9 Å². The maximum atomic E-state index is 13.1. The van der Waals surface area contributed by atoms with Crippen molar-refractivity contribution in [2.75, 3.05) is 16.8 Å². The number of fused-ring (bicyclic) bond motifs is 1. The molecule has 1 aliphatic rings. The summed E-state index contributed by atoms with van der Waals surface area (Å²) in [6, 6.07) is 11.0. The minimum Gasteiger partial charge on any atom is -0.326 e. The van der Waals surface area contributed by atoms with Crippen LogP contribution < -0.4 is 10.2 Å². The van der Waals surface area contributed by atoms with Gasteiger partial charge in [-0.05, 0) is 61.4 Å². The number of nitrogens with one attached hydrogen (secondary N) is 1. The average molecular weight is 390 g/mol. The smallest absolute Gasteiger partial charge is 0.237 e. The maximum Gasteiger partial charge on any atom is 0.237 e. The topological polar surface area (TPSA) is 84.3 Å². The standard InChI is InChI=1S/C22H22N4O3/c1-13-8-19-20(9-14(13)2)26(12-23-19)22(29)16-10-21(28)25(11-16)18-6-4-17(5-7-18)24-15(3)27/h4-9,12,16H,10-11H2,1-3H3,(H,24,27). The lowest BCUT2D eigenvalue weighted by molar-refractivity contribution is -0.117. The number of amides is 2. The number of hydrogen-bond acceptors (Lipinski definition) is 4. The summed E-state index contributed by atoms with van der Waals surface area (Å²) >= 11 is 0. The molecule has 148 valence electrons. The molecule has 2 amide bonds. The number of carbonyl (C=O) groups is 3. The second-order valence-electron chi connectivity index (χ2n) is 7.51. The quantitative estimate of drug-likeness (QED) is 0.744. The van der Waals surface area contributed by atoms with E-state index in [-0.39, 0.29) is 24.1 Å². The minimum atomic E-state index is -0.434. The summed E-state index contributed by atoms with van der Waals surface area (Å²) in [5.41, 5.74) is 5.13. The highest BCUT2D eigenvalue weighted by molar-refractivity contribution is 6.02. The Hall–Kier alpha value is -3.48. The second-order valence-corrected chi connectivity index (χ2v) is 7.51. The molecule has 29 heavy (non-hydrogen) atoms. The fraction of sp³-hybridized carbons (Fsp3) is 0.273. The van der Waals surface area contributed by atoms with Gasteiger partial charge in [0.15, 0.2) is 0 Å². The van der Waals surface area contributed by atoms with Gasteiger partial charge < -0.3 is 10.2 Å². The number of nitrogens with zero attached hydrogens (tertiary/aromatic N) is 3. The van der Waals surface area contributed by atoms with Gasteiger partial charge in [0.25, 0.3) is 0 Å². The third-order valence-electron chi connectivity index (χ3n) is 5.37. The molecule has 0 bridgehead atoms. The maximum absolute atomic E-state index is 13.1. The molecule has 1 unspecified atom stereocenters. The summed E-state index contributed by atoms with van der Waals surface area (Å²) in [6.07, 6.45) is 1.71. The van der Waals surface area contributed by atoms with E-state index >= 15 is 0 Å². The second kappa shape index (κ2) is 7.16. The summed E-state index contributed by atoms with van der Waals surface area (Å²) in [4.78, 5) is 42.8. The van der Waals surface area contributed by atoms with Crippen LogP contribution in [0.3, 0.4) is 0 Å². The van der Waals surface area contributed by atoms with Gasteiger partial charge in [-0.3, -0.25) is 19.0 Å². The molecule has 2 heterocycles. The van der Waals surface area contributed by atoms with Gasteiger partial charge in [0.1, 0.15) is 6.33 Å². The number of rotatable bonds is 3. The van der Waals surface area contributed by atoms with Gasteiger partial charge >= 0.3 is 0 Å². The Labute approximate surface area is 168 Å². The molecule has 0 aliphatic carbocycles. The number of aromatic nitrogens is 2. The number of hydrogen-bond donors (Lipinski definition) is 1. The van der Waals surface area contributed by atoms with E-state index in [1.807, 2.05) is 26.0 Å². The van der Waals surface area contributed by atoms with Crippen LogP contribution in [0.25, 0.3) is 11.0 Å². The van der Waals surface area contributed by atoms with Crippen molar-refractivity contribution in [1.29, 1.82) is 0 Å². The minimum absolute atomic E-state index is 0.0907. The summed E-state index contributed by atoms with van der Waals surface area (Å²) in [7, 11) is 0. The van der Waals surface area contributed by atoms with E-state index < -0.39 is 5.92 Å². The Balaban J connectivity index is 1.55. The number of anilines is 2. The molecule has 1 fully saturated rings. The normalized spacial score (nSPS) is 16.4. The summed E-state index contributed by atoms with van der Waals surface area (Å²) in [5, 5.41) is 2.70. The van der Waals surface area contributed by atoms with Gasteiger partial charge in [0.05, 0.1) is 17.0 Å². The van der Waals surface area contributed by atoms with Crippen LogP contribution in [0.1, 0.15) is 29.3 Å². The lowest BCUT2D eigenvalue weighted by Crippen LogP contribution is -2.27.